The maximum Gasteiger partial charge on any atom is 0.225 e. The van der Waals surface area contributed by atoms with Gasteiger partial charge < -0.3 is 16.0 Å². The Balaban J connectivity index is 1.90. The molecule has 2 aliphatic heterocycles. The largest absolute Gasteiger partial charge is 0.389 e. The second-order valence-corrected chi connectivity index (χ2v) is 6.13. The Morgan fingerprint density at radius 3 is 3.00 bits per heavy atom. The van der Waals surface area contributed by atoms with Crippen LogP contribution in [0.4, 0.5) is 5.69 Å². The highest BCUT2D eigenvalue weighted by Crippen LogP contribution is 2.33. The first-order valence-corrected chi connectivity index (χ1v) is 7.50. The van der Waals surface area contributed by atoms with Crippen LogP contribution in [-0.4, -0.2) is 30.0 Å². The third kappa shape index (κ3) is 2.25. The van der Waals surface area contributed by atoms with Crippen LogP contribution in [0.2, 0.25) is 5.02 Å². The van der Waals surface area contributed by atoms with Gasteiger partial charge in [0, 0.05) is 24.3 Å². The van der Waals surface area contributed by atoms with Crippen LogP contribution in [0.25, 0.3) is 0 Å². The monoisotopic (exact) mass is 309 g/mol. The second kappa shape index (κ2) is 5.22. The maximum atomic E-state index is 11.8. The van der Waals surface area contributed by atoms with Gasteiger partial charge in [-0.3, -0.25) is 4.79 Å². The van der Waals surface area contributed by atoms with Crippen molar-refractivity contribution in [1.82, 2.24) is 5.32 Å². The van der Waals surface area contributed by atoms with Gasteiger partial charge in [0.1, 0.15) is 4.99 Å². The molecule has 6 heteroatoms. The zero-order valence-electron chi connectivity index (χ0n) is 10.9. The third-order valence-electron chi connectivity index (χ3n) is 4.15. The minimum Gasteiger partial charge on any atom is -0.389 e. The SMILES string of the molecule is NC(=S)c1ccc(N2CCCC3C(=O)NCC32)cc1Cl. The van der Waals surface area contributed by atoms with Gasteiger partial charge in [-0.2, -0.15) is 0 Å². The van der Waals surface area contributed by atoms with Gasteiger partial charge in [0.2, 0.25) is 5.91 Å². The zero-order valence-corrected chi connectivity index (χ0v) is 12.5. The van der Waals surface area contributed by atoms with Gasteiger partial charge in [0.15, 0.2) is 0 Å². The quantitative estimate of drug-likeness (QED) is 0.816. The fourth-order valence-electron chi connectivity index (χ4n) is 3.15. The number of halogens is 1. The summed E-state index contributed by atoms with van der Waals surface area (Å²) in [6, 6.07) is 5.95. The first-order chi connectivity index (χ1) is 9.58. The molecule has 2 fully saturated rings. The Morgan fingerprint density at radius 1 is 1.50 bits per heavy atom. The molecule has 0 radical (unpaired) electrons. The molecule has 2 aliphatic rings. The molecule has 1 amide bonds. The number of hydrogen-bond donors (Lipinski definition) is 2. The van der Waals surface area contributed by atoms with E-state index >= 15 is 0 Å². The number of carbonyl (C=O) groups excluding carboxylic acids is 1. The molecular weight excluding hydrogens is 294 g/mol. The number of amides is 1. The summed E-state index contributed by atoms with van der Waals surface area (Å²) in [4.78, 5) is 14.4. The molecule has 1 aromatic rings. The number of piperidine rings is 1. The minimum absolute atomic E-state index is 0.0952. The molecule has 0 spiro atoms. The number of nitrogens with zero attached hydrogens (tertiary/aromatic N) is 1. The summed E-state index contributed by atoms with van der Waals surface area (Å²) in [6.45, 7) is 1.65. The molecule has 4 nitrogen and oxygen atoms in total. The second-order valence-electron chi connectivity index (χ2n) is 5.28. The number of thiocarbonyl (C=S) groups is 1. The molecule has 3 N–H and O–H groups in total. The summed E-state index contributed by atoms with van der Waals surface area (Å²) in [6.07, 6.45) is 1.98. The van der Waals surface area contributed by atoms with Gasteiger partial charge in [-0.15, -0.1) is 0 Å². The number of anilines is 1. The van der Waals surface area contributed by atoms with Crippen LogP contribution >= 0.6 is 23.8 Å². The van der Waals surface area contributed by atoms with Gasteiger partial charge in [-0.25, -0.2) is 0 Å². The van der Waals surface area contributed by atoms with Crippen LogP contribution in [0.5, 0.6) is 0 Å². The highest BCUT2D eigenvalue weighted by molar-refractivity contribution is 7.80. The van der Waals surface area contributed by atoms with Gasteiger partial charge in [0.25, 0.3) is 0 Å². The van der Waals surface area contributed by atoms with Crippen LogP contribution in [0.1, 0.15) is 18.4 Å². The molecule has 106 valence electrons. The van der Waals surface area contributed by atoms with E-state index in [1.54, 1.807) is 0 Å². The summed E-state index contributed by atoms with van der Waals surface area (Å²) < 4.78 is 0. The first-order valence-electron chi connectivity index (χ1n) is 6.71. The molecule has 1 aromatic carbocycles. The zero-order chi connectivity index (χ0) is 14.3. The van der Waals surface area contributed by atoms with E-state index in [4.69, 9.17) is 29.6 Å². The molecular formula is C14H16ClN3OS. The normalized spacial score (nSPS) is 25.2. The smallest absolute Gasteiger partial charge is 0.225 e. The minimum atomic E-state index is 0.0952. The van der Waals surface area contributed by atoms with E-state index in [1.807, 2.05) is 18.2 Å². The Kier molecular flexibility index (Phi) is 3.56. The average Bonchev–Trinajstić information content (AvgIpc) is 2.80. The molecule has 3 rings (SSSR count). The number of carbonyl (C=O) groups is 1. The highest BCUT2D eigenvalue weighted by atomic mass is 35.5. The summed E-state index contributed by atoms with van der Waals surface area (Å²) in [5.74, 6) is 0.267. The van der Waals surface area contributed by atoms with Crippen LogP contribution in [0.15, 0.2) is 18.2 Å². The lowest BCUT2D eigenvalue weighted by atomic mass is 9.91. The van der Waals surface area contributed by atoms with E-state index in [1.165, 1.54) is 0 Å². The summed E-state index contributed by atoms with van der Waals surface area (Å²) in [5, 5.41) is 3.52. The van der Waals surface area contributed by atoms with Crippen LogP contribution in [0.3, 0.4) is 0 Å². The predicted octanol–water partition coefficient (Wildman–Crippen LogP) is 1.69. The number of fused-ring (bicyclic) bond motifs is 1. The van der Waals surface area contributed by atoms with Gasteiger partial charge >= 0.3 is 0 Å². The topological polar surface area (TPSA) is 58.4 Å². The lowest BCUT2D eigenvalue weighted by molar-refractivity contribution is -0.122. The molecule has 0 aliphatic carbocycles. The van der Waals surface area contributed by atoms with E-state index in [9.17, 15) is 4.79 Å². The molecule has 0 bridgehead atoms. The van der Waals surface area contributed by atoms with Crippen molar-refractivity contribution in [3.63, 3.8) is 0 Å². The molecule has 2 unspecified atom stereocenters. The van der Waals surface area contributed by atoms with Gasteiger partial charge in [-0.05, 0) is 31.0 Å². The van der Waals surface area contributed by atoms with E-state index in [0.29, 0.717) is 22.1 Å². The van der Waals surface area contributed by atoms with Crippen molar-refractivity contribution in [3.05, 3.63) is 28.8 Å². The van der Waals surface area contributed by atoms with E-state index < -0.39 is 0 Å². The number of hydrogen-bond acceptors (Lipinski definition) is 3. The van der Waals surface area contributed by atoms with E-state index in [2.05, 4.69) is 10.2 Å². The fourth-order valence-corrected chi connectivity index (χ4v) is 3.67. The van der Waals surface area contributed by atoms with Crippen molar-refractivity contribution >= 4 is 40.4 Å². The van der Waals surface area contributed by atoms with Crippen molar-refractivity contribution < 1.29 is 4.79 Å². The van der Waals surface area contributed by atoms with Crippen LogP contribution in [0, 0.1) is 5.92 Å². The Morgan fingerprint density at radius 2 is 2.30 bits per heavy atom. The average molecular weight is 310 g/mol. The van der Waals surface area contributed by atoms with Gasteiger partial charge in [-0.1, -0.05) is 23.8 Å². The molecule has 0 saturated carbocycles. The summed E-state index contributed by atoms with van der Waals surface area (Å²) in [7, 11) is 0. The Labute approximate surface area is 128 Å². The third-order valence-corrected chi connectivity index (χ3v) is 4.68. The fraction of sp³-hybridized carbons (Fsp3) is 0.429. The summed E-state index contributed by atoms with van der Waals surface area (Å²) >= 11 is 11.2. The maximum absolute atomic E-state index is 11.8. The van der Waals surface area contributed by atoms with Crippen molar-refractivity contribution in [2.45, 2.75) is 18.9 Å². The van der Waals surface area contributed by atoms with E-state index in [0.717, 1.165) is 25.1 Å². The number of rotatable bonds is 2. The van der Waals surface area contributed by atoms with Crippen molar-refractivity contribution in [2.75, 3.05) is 18.0 Å². The van der Waals surface area contributed by atoms with E-state index in [-0.39, 0.29) is 17.9 Å². The predicted molar refractivity (Wildman–Crippen MR) is 84.2 cm³/mol. The standard InChI is InChI=1S/C14H16ClN3OS/c15-11-6-8(3-4-9(11)13(16)20)18-5-1-2-10-12(18)7-17-14(10)19/h3-4,6,10,12H,1-2,5,7H2,(H2,16,20)(H,17,19). The number of nitrogens with one attached hydrogen (secondary N) is 1. The van der Waals surface area contributed by atoms with Crippen molar-refractivity contribution in [2.24, 2.45) is 11.7 Å². The first kappa shape index (κ1) is 13.6. The molecule has 2 heterocycles. The molecule has 20 heavy (non-hydrogen) atoms. The summed E-state index contributed by atoms with van der Waals surface area (Å²) in [5.41, 5.74) is 7.35. The van der Waals surface area contributed by atoms with Crippen LogP contribution in [-0.2, 0) is 4.79 Å². The Bertz CT molecular complexity index is 578. The van der Waals surface area contributed by atoms with Crippen molar-refractivity contribution in [3.8, 4) is 0 Å². The van der Waals surface area contributed by atoms with Crippen LogP contribution < -0.4 is 16.0 Å². The molecule has 2 atom stereocenters. The Hall–Kier alpha value is -1.33. The molecule has 2 saturated heterocycles. The lowest BCUT2D eigenvalue weighted by Gasteiger charge is -2.37. The lowest BCUT2D eigenvalue weighted by Crippen LogP contribution is -2.45. The number of benzene rings is 1. The van der Waals surface area contributed by atoms with Crippen molar-refractivity contribution in [1.29, 1.82) is 0 Å². The highest BCUT2D eigenvalue weighted by Gasteiger charge is 2.40. The number of nitrogens with two attached hydrogens (primary N) is 1. The van der Waals surface area contributed by atoms with Gasteiger partial charge in [0.05, 0.1) is 17.0 Å². The molecule has 0 aromatic heterocycles.